The molecule has 1 heterocycles. The van der Waals surface area contributed by atoms with Crippen molar-refractivity contribution >= 4 is 11.6 Å². The molecule has 2 aromatic rings. The minimum atomic E-state index is -0.164. The lowest BCUT2D eigenvalue weighted by Gasteiger charge is -2.37. The van der Waals surface area contributed by atoms with E-state index in [-0.39, 0.29) is 12.1 Å². The third kappa shape index (κ3) is 3.77. The van der Waals surface area contributed by atoms with Gasteiger partial charge in [0.25, 0.3) is 5.91 Å². The predicted molar refractivity (Wildman–Crippen MR) is 100 cm³/mol. The van der Waals surface area contributed by atoms with Crippen LogP contribution in [0.25, 0.3) is 0 Å². The van der Waals surface area contributed by atoms with Crippen molar-refractivity contribution in [3.05, 3.63) is 59.7 Å². The van der Waals surface area contributed by atoms with Gasteiger partial charge in [-0.2, -0.15) is 0 Å². The summed E-state index contributed by atoms with van der Waals surface area (Å²) in [6.45, 7) is 4.17. The number of nitrogens with zero attached hydrogens (tertiary/aromatic N) is 2. The Hall–Kier alpha value is -2.53. The number of carbonyl (C=O) groups excluding carboxylic acids is 1. The number of anilines is 1. The summed E-state index contributed by atoms with van der Waals surface area (Å²) in [5, 5.41) is 3.48. The summed E-state index contributed by atoms with van der Waals surface area (Å²) in [6.07, 6.45) is -0.164. The standard InChI is InChI=1S/C20H25N3O2/c1-4-23-19(21-18-8-6-5-7-17(18)20(23)24)15-9-11-16(12-10-15)25-14-13-22(2)3/h5-12,19,21H,4,13-14H2,1-3H3/t19-/m0/s1. The summed E-state index contributed by atoms with van der Waals surface area (Å²) in [4.78, 5) is 16.7. The van der Waals surface area contributed by atoms with Crippen molar-refractivity contribution in [2.24, 2.45) is 0 Å². The molecule has 1 aliphatic heterocycles. The van der Waals surface area contributed by atoms with Gasteiger partial charge < -0.3 is 19.9 Å². The average Bonchev–Trinajstić information content (AvgIpc) is 2.62. The van der Waals surface area contributed by atoms with Gasteiger partial charge in [0.1, 0.15) is 18.5 Å². The lowest BCUT2D eigenvalue weighted by molar-refractivity contribution is 0.0695. The van der Waals surface area contributed by atoms with Gasteiger partial charge in [0, 0.05) is 18.8 Å². The molecule has 0 unspecified atom stereocenters. The van der Waals surface area contributed by atoms with Crippen LogP contribution in [-0.4, -0.2) is 49.5 Å². The van der Waals surface area contributed by atoms with Crippen LogP contribution < -0.4 is 10.1 Å². The molecule has 0 aromatic heterocycles. The van der Waals surface area contributed by atoms with Gasteiger partial charge in [0.05, 0.1) is 5.56 Å². The smallest absolute Gasteiger partial charge is 0.257 e. The highest BCUT2D eigenvalue weighted by atomic mass is 16.5. The van der Waals surface area contributed by atoms with Crippen molar-refractivity contribution < 1.29 is 9.53 Å². The summed E-state index contributed by atoms with van der Waals surface area (Å²) in [5.74, 6) is 0.907. The molecule has 0 spiro atoms. The molecule has 3 rings (SSSR count). The quantitative estimate of drug-likeness (QED) is 0.878. The van der Waals surface area contributed by atoms with Crippen LogP contribution >= 0.6 is 0 Å². The molecule has 0 saturated heterocycles. The van der Waals surface area contributed by atoms with Gasteiger partial charge in [-0.25, -0.2) is 0 Å². The molecule has 0 fully saturated rings. The van der Waals surface area contributed by atoms with E-state index in [1.54, 1.807) is 0 Å². The van der Waals surface area contributed by atoms with Gasteiger partial charge in [-0.1, -0.05) is 24.3 Å². The number of hydrogen-bond acceptors (Lipinski definition) is 4. The van der Waals surface area contributed by atoms with Crippen LogP contribution in [0.2, 0.25) is 0 Å². The van der Waals surface area contributed by atoms with Crippen molar-refractivity contribution in [1.29, 1.82) is 0 Å². The van der Waals surface area contributed by atoms with Crippen LogP contribution in [-0.2, 0) is 0 Å². The maximum Gasteiger partial charge on any atom is 0.257 e. The number of benzene rings is 2. The molecular weight excluding hydrogens is 314 g/mol. The number of rotatable bonds is 6. The number of amides is 1. The molecule has 0 bridgehead atoms. The maximum absolute atomic E-state index is 12.8. The highest BCUT2D eigenvalue weighted by Crippen LogP contribution is 2.33. The largest absolute Gasteiger partial charge is 0.492 e. The van der Waals surface area contributed by atoms with E-state index in [0.717, 1.165) is 29.1 Å². The van der Waals surface area contributed by atoms with Crippen molar-refractivity contribution in [2.45, 2.75) is 13.1 Å². The van der Waals surface area contributed by atoms with E-state index in [0.29, 0.717) is 13.2 Å². The number of nitrogens with one attached hydrogen (secondary N) is 1. The summed E-state index contributed by atoms with van der Waals surface area (Å²) < 4.78 is 5.75. The van der Waals surface area contributed by atoms with Crippen LogP contribution in [0.3, 0.4) is 0 Å². The Labute approximate surface area is 149 Å². The Kier molecular flexibility index (Phi) is 5.24. The van der Waals surface area contributed by atoms with Gasteiger partial charge in [-0.05, 0) is 50.8 Å². The fourth-order valence-corrected chi connectivity index (χ4v) is 2.97. The second kappa shape index (κ2) is 7.57. The zero-order chi connectivity index (χ0) is 17.8. The molecule has 25 heavy (non-hydrogen) atoms. The molecule has 5 nitrogen and oxygen atoms in total. The van der Waals surface area contributed by atoms with E-state index in [4.69, 9.17) is 4.74 Å². The summed E-state index contributed by atoms with van der Waals surface area (Å²) in [7, 11) is 4.05. The van der Waals surface area contributed by atoms with E-state index in [1.807, 2.05) is 74.4 Å². The first-order valence-electron chi connectivity index (χ1n) is 8.64. The van der Waals surface area contributed by atoms with E-state index >= 15 is 0 Å². The minimum absolute atomic E-state index is 0.0631. The van der Waals surface area contributed by atoms with Crippen LogP contribution in [0.4, 0.5) is 5.69 Å². The zero-order valence-electron chi connectivity index (χ0n) is 15.0. The van der Waals surface area contributed by atoms with Gasteiger partial charge in [0.15, 0.2) is 0 Å². The number of likely N-dealkylation sites (N-methyl/N-ethyl adjacent to an activating group) is 1. The maximum atomic E-state index is 12.8. The summed E-state index contributed by atoms with van der Waals surface area (Å²) in [6, 6.07) is 15.6. The van der Waals surface area contributed by atoms with Crippen molar-refractivity contribution in [2.75, 3.05) is 39.1 Å². The molecule has 0 saturated carbocycles. The van der Waals surface area contributed by atoms with Crippen LogP contribution in [0, 0.1) is 0 Å². The molecule has 1 amide bonds. The minimum Gasteiger partial charge on any atom is -0.492 e. The Bertz CT molecular complexity index is 728. The van der Waals surface area contributed by atoms with Crippen LogP contribution in [0.15, 0.2) is 48.5 Å². The van der Waals surface area contributed by atoms with Crippen LogP contribution in [0.5, 0.6) is 5.75 Å². The highest BCUT2D eigenvalue weighted by Gasteiger charge is 2.31. The second-order valence-electron chi connectivity index (χ2n) is 6.40. The Balaban J connectivity index is 1.77. The van der Waals surface area contributed by atoms with Crippen molar-refractivity contribution in [1.82, 2.24) is 9.80 Å². The van der Waals surface area contributed by atoms with Gasteiger partial charge in [0.2, 0.25) is 0 Å². The molecular formula is C20H25N3O2. The number of carbonyl (C=O) groups is 1. The number of ether oxygens (including phenoxy) is 1. The molecule has 1 atom stereocenters. The molecule has 2 aromatic carbocycles. The van der Waals surface area contributed by atoms with E-state index in [9.17, 15) is 4.79 Å². The lowest BCUT2D eigenvalue weighted by Crippen LogP contribution is -2.42. The predicted octanol–water partition coefficient (Wildman–Crippen LogP) is 3.21. The van der Waals surface area contributed by atoms with Crippen molar-refractivity contribution in [3.8, 4) is 5.75 Å². The number of para-hydroxylation sites is 1. The molecule has 1 N–H and O–H groups in total. The number of fused-ring (bicyclic) bond motifs is 1. The van der Waals surface area contributed by atoms with E-state index in [1.165, 1.54) is 0 Å². The Morgan fingerprint density at radius 1 is 1.12 bits per heavy atom. The van der Waals surface area contributed by atoms with E-state index < -0.39 is 0 Å². The Morgan fingerprint density at radius 2 is 1.84 bits per heavy atom. The Morgan fingerprint density at radius 3 is 2.52 bits per heavy atom. The molecule has 0 aliphatic carbocycles. The second-order valence-corrected chi connectivity index (χ2v) is 6.40. The van der Waals surface area contributed by atoms with E-state index in [2.05, 4.69) is 10.2 Å². The molecule has 132 valence electrons. The van der Waals surface area contributed by atoms with Gasteiger partial charge in [-0.15, -0.1) is 0 Å². The molecule has 1 aliphatic rings. The molecule has 5 heteroatoms. The monoisotopic (exact) mass is 339 g/mol. The zero-order valence-corrected chi connectivity index (χ0v) is 15.0. The highest BCUT2D eigenvalue weighted by molar-refractivity contribution is 6.01. The first-order valence-corrected chi connectivity index (χ1v) is 8.64. The first kappa shape index (κ1) is 17.3. The summed E-state index contributed by atoms with van der Waals surface area (Å²) in [5.41, 5.74) is 2.66. The normalized spacial score (nSPS) is 16.6. The molecule has 0 radical (unpaired) electrons. The average molecular weight is 339 g/mol. The van der Waals surface area contributed by atoms with Crippen LogP contribution in [0.1, 0.15) is 29.0 Å². The summed E-state index contributed by atoms with van der Waals surface area (Å²) >= 11 is 0. The first-order chi connectivity index (χ1) is 12.1. The van der Waals surface area contributed by atoms with Crippen molar-refractivity contribution in [3.63, 3.8) is 0 Å². The lowest BCUT2D eigenvalue weighted by atomic mass is 10.0. The van der Waals surface area contributed by atoms with Gasteiger partial charge >= 0.3 is 0 Å². The fourth-order valence-electron chi connectivity index (χ4n) is 2.97. The third-order valence-corrected chi connectivity index (χ3v) is 4.37. The fraction of sp³-hybridized carbons (Fsp3) is 0.350. The topological polar surface area (TPSA) is 44.8 Å². The third-order valence-electron chi connectivity index (χ3n) is 4.37. The van der Waals surface area contributed by atoms with Gasteiger partial charge in [-0.3, -0.25) is 4.79 Å². The number of hydrogen-bond donors (Lipinski definition) is 1. The SMILES string of the molecule is CCN1C(=O)c2ccccc2N[C@@H]1c1ccc(OCCN(C)C)cc1.